The Morgan fingerprint density at radius 2 is 1.67 bits per heavy atom. The van der Waals surface area contributed by atoms with Gasteiger partial charge >= 0.3 is 6.09 Å². The van der Waals surface area contributed by atoms with Gasteiger partial charge < -0.3 is 29.7 Å². The normalized spacial score (nSPS) is 20.8. The van der Waals surface area contributed by atoms with E-state index in [1.807, 2.05) is 14.0 Å². The third-order valence-electron chi connectivity index (χ3n) is 5.09. The number of nitrogens with one attached hydrogen (secondary N) is 1. The smallest absolute Gasteiger partial charge is 0.409 e. The van der Waals surface area contributed by atoms with Crippen LogP contribution in [-0.2, 0) is 4.74 Å². The quantitative estimate of drug-likeness (QED) is 0.346. The molecule has 2 aliphatic heterocycles. The van der Waals surface area contributed by atoms with Crippen molar-refractivity contribution in [1.29, 1.82) is 0 Å². The van der Waals surface area contributed by atoms with Gasteiger partial charge in [-0.2, -0.15) is 0 Å². The Morgan fingerprint density at radius 3 is 2.22 bits per heavy atom. The summed E-state index contributed by atoms with van der Waals surface area (Å²) in [6.07, 6.45) is -0.212. The van der Waals surface area contributed by atoms with Crippen LogP contribution in [0.15, 0.2) is 4.99 Å². The highest BCUT2D eigenvalue weighted by Gasteiger charge is 2.24. The second-order valence-corrected chi connectivity index (χ2v) is 7.31. The molecule has 2 rings (SSSR count). The lowest BCUT2D eigenvalue weighted by Gasteiger charge is -2.36. The second kappa shape index (κ2) is 12.6. The predicted molar refractivity (Wildman–Crippen MR) is 120 cm³/mol. The van der Waals surface area contributed by atoms with Crippen LogP contribution in [-0.4, -0.2) is 118 Å². The third-order valence-corrected chi connectivity index (χ3v) is 5.09. The van der Waals surface area contributed by atoms with Crippen molar-refractivity contribution in [2.75, 3.05) is 86.1 Å². The first kappa shape index (κ1) is 24.2. The van der Waals surface area contributed by atoms with Crippen LogP contribution in [0.1, 0.15) is 13.8 Å². The molecule has 158 valence electrons. The van der Waals surface area contributed by atoms with Crippen molar-refractivity contribution in [1.82, 2.24) is 24.9 Å². The molecule has 2 heterocycles. The molecule has 0 radical (unpaired) electrons. The van der Waals surface area contributed by atoms with Crippen LogP contribution >= 0.6 is 24.0 Å². The van der Waals surface area contributed by atoms with Crippen molar-refractivity contribution in [2.24, 2.45) is 10.9 Å². The van der Waals surface area contributed by atoms with Crippen molar-refractivity contribution in [3.63, 3.8) is 0 Å². The molecule has 0 aromatic carbocycles. The fourth-order valence-corrected chi connectivity index (χ4v) is 3.45. The van der Waals surface area contributed by atoms with Crippen molar-refractivity contribution in [3.05, 3.63) is 0 Å². The van der Waals surface area contributed by atoms with Gasteiger partial charge in [-0.25, -0.2) is 4.79 Å². The Morgan fingerprint density at radius 1 is 1.07 bits per heavy atom. The molecule has 0 spiro atoms. The zero-order valence-electron chi connectivity index (χ0n) is 17.3. The highest BCUT2D eigenvalue weighted by atomic mass is 127. The van der Waals surface area contributed by atoms with Crippen LogP contribution in [0.5, 0.6) is 0 Å². The Kier molecular flexibility index (Phi) is 11.3. The Hall–Kier alpha value is -0.810. The molecule has 0 aromatic rings. The molecular formula is C18H37IN6O2. The molecule has 1 N–H and O–H groups in total. The SMILES string of the molecule is CCOC(=O)N1CCN(C(=NC)NCC(C)CN2CCN(C)CC2)CC1.I. The predicted octanol–water partition coefficient (Wildman–Crippen LogP) is 0.837. The van der Waals surface area contributed by atoms with E-state index in [-0.39, 0.29) is 30.1 Å². The number of carbonyl (C=O) groups is 1. The van der Waals surface area contributed by atoms with Gasteiger partial charge in [0, 0.05) is 72.5 Å². The maximum atomic E-state index is 11.8. The number of piperazine rings is 2. The number of aliphatic imine (C=N–C) groups is 1. The van der Waals surface area contributed by atoms with E-state index < -0.39 is 0 Å². The summed E-state index contributed by atoms with van der Waals surface area (Å²) in [5.41, 5.74) is 0. The standard InChI is InChI=1S/C18H36N6O2.HI/c1-5-26-18(25)24-12-10-23(11-13-24)17(19-3)20-14-16(2)15-22-8-6-21(4)7-9-22;/h16H,5-15H2,1-4H3,(H,19,20);1H. The van der Waals surface area contributed by atoms with Crippen LogP contribution in [0.25, 0.3) is 0 Å². The monoisotopic (exact) mass is 496 g/mol. The minimum absolute atomic E-state index is 0. The Bertz CT molecular complexity index is 463. The highest BCUT2D eigenvalue weighted by molar-refractivity contribution is 14.0. The van der Waals surface area contributed by atoms with Crippen LogP contribution in [0.2, 0.25) is 0 Å². The number of ether oxygens (including phenoxy) is 1. The second-order valence-electron chi connectivity index (χ2n) is 7.31. The van der Waals surface area contributed by atoms with E-state index in [9.17, 15) is 4.79 Å². The number of hydrogen-bond donors (Lipinski definition) is 1. The molecule has 2 aliphatic rings. The summed E-state index contributed by atoms with van der Waals surface area (Å²) in [7, 11) is 4.01. The number of nitrogens with zero attached hydrogens (tertiary/aromatic N) is 5. The molecule has 0 saturated carbocycles. The molecular weight excluding hydrogens is 459 g/mol. The number of carbonyl (C=O) groups excluding carboxylic acids is 1. The first-order valence-corrected chi connectivity index (χ1v) is 9.81. The first-order valence-electron chi connectivity index (χ1n) is 9.81. The molecule has 0 aliphatic carbocycles. The molecule has 1 unspecified atom stereocenters. The van der Waals surface area contributed by atoms with Crippen molar-refractivity contribution in [2.45, 2.75) is 13.8 Å². The van der Waals surface area contributed by atoms with E-state index >= 15 is 0 Å². The van der Waals surface area contributed by atoms with Gasteiger partial charge in [-0.15, -0.1) is 24.0 Å². The van der Waals surface area contributed by atoms with Gasteiger partial charge in [-0.1, -0.05) is 6.92 Å². The van der Waals surface area contributed by atoms with Crippen LogP contribution in [0, 0.1) is 5.92 Å². The summed E-state index contributed by atoms with van der Waals surface area (Å²) in [6.45, 7) is 14.1. The number of rotatable bonds is 5. The Labute approximate surface area is 181 Å². The largest absolute Gasteiger partial charge is 0.450 e. The number of hydrogen-bond acceptors (Lipinski definition) is 5. The van der Waals surface area contributed by atoms with Gasteiger partial charge in [0.05, 0.1) is 6.61 Å². The van der Waals surface area contributed by atoms with Crippen LogP contribution < -0.4 is 5.32 Å². The molecule has 2 saturated heterocycles. The fourth-order valence-electron chi connectivity index (χ4n) is 3.45. The lowest BCUT2D eigenvalue weighted by atomic mass is 10.1. The van der Waals surface area contributed by atoms with Gasteiger partial charge in [0.15, 0.2) is 5.96 Å². The molecule has 1 atom stereocenters. The van der Waals surface area contributed by atoms with Gasteiger partial charge in [0.25, 0.3) is 0 Å². The number of likely N-dealkylation sites (N-methyl/N-ethyl adjacent to an activating group) is 1. The van der Waals surface area contributed by atoms with Gasteiger partial charge in [0.1, 0.15) is 0 Å². The van der Waals surface area contributed by atoms with Gasteiger partial charge in [-0.05, 0) is 19.9 Å². The highest BCUT2D eigenvalue weighted by Crippen LogP contribution is 2.06. The summed E-state index contributed by atoms with van der Waals surface area (Å²) in [5.74, 6) is 1.50. The molecule has 2 fully saturated rings. The molecule has 9 heteroatoms. The number of amides is 1. The summed E-state index contributed by atoms with van der Waals surface area (Å²) in [5, 5.41) is 3.51. The molecule has 8 nitrogen and oxygen atoms in total. The lowest BCUT2D eigenvalue weighted by molar-refractivity contribution is 0.0913. The summed E-state index contributed by atoms with van der Waals surface area (Å²) < 4.78 is 5.08. The van der Waals surface area contributed by atoms with E-state index in [0.29, 0.717) is 25.6 Å². The molecule has 0 aromatic heterocycles. The van der Waals surface area contributed by atoms with E-state index in [1.54, 1.807) is 4.90 Å². The zero-order valence-corrected chi connectivity index (χ0v) is 19.6. The first-order chi connectivity index (χ1) is 12.5. The minimum Gasteiger partial charge on any atom is -0.450 e. The fraction of sp³-hybridized carbons (Fsp3) is 0.889. The van der Waals surface area contributed by atoms with Crippen molar-refractivity contribution in [3.8, 4) is 0 Å². The lowest BCUT2D eigenvalue weighted by Crippen LogP contribution is -2.54. The summed E-state index contributed by atoms with van der Waals surface area (Å²) in [6, 6.07) is 0. The zero-order chi connectivity index (χ0) is 18.9. The van der Waals surface area contributed by atoms with Crippen LogP contribution in [0.4, 0.5) is 4.79 Å². The average molecular weight is 496 g/mol. The van der Waals surface area contributed by atoms with Gasteiger partial charge in [0.2, 0.25) is 0 Å². The van der Waals surface area contributed by atoms with E-state index in [2.05, 4.69) is 39.0 Å². The molecule has 0 bridgehead atoms. The number of guanidine groups is 1. The molecule has 27 heavy (non-hydrogen) atoms. The minimum atomic E-state index is -0.212. The maximum Gasteiger partial charge on any atom is 0.409 e. The van der Waals surface area contributed by atoms with Crippen molar-refractivity contribution < 1.29 is 9.53 Å². The summed E-state index contributed by atoms with van der Waals surface area (Å²) >= 11 is 0. The maximum absolute atomic E-state index is 11.8. The van der Waals surface area contributed by atoms with Crippen LogP contribution in [0.3, 0.4) is 0 Å². The number of halogens is 1. The third kappa shape index (κ3) is 7.98. The van der Waals surface area contributed by atoms with E-state index in [1.165, 1.54) is 0 Å². The topological polar surface area (TPSA) is 63.7 Å². The molecule has 1 amide bonds. The average Bonchev–Trinajstić information content (AvgIpc) is 2.65. The van der Waals surface area contributed by atoms with E-state index in [4.69, 9.17) is 4.74 Å². The van der Waals surface area contributed by atoms with Crippen molar-refractivity contribution >= 4 is 36.0 Å². The Balaban J connectivity index is 0.00000364. The van der Waals surface area contributed by atoms with Gasteiger partial charge in [-0.3, -0.25) is 4.99 Å². The van der Waals surface area contributed by atoms with E-state index in [0.717, 1.165) is 58.3 Å². The summed E-state index contributed by atoms with van der Waals surface area (Å²) in [4.78, 5) is 25.1.